The normalized spacial score (nSPS) is 18.1. The topological polar surface area (TPSA) is 98.0 Å². The number of aromatic nitrogens is 2. The average molecular weight is 352 g/mol. The zero-order chi connectivity index (χ0) is 16.7. The number of benzene rings is 1. The molecule has 0 amide bonds. The van der Waals surface area contributed by atoms with Crippen LogP contribution in [-0.4, -0.2) is 55.9 Å². The summed E-state index contributed by atoms with van der Waals surface area (Å²) in [5, 5.41) is 7.76. The summed E-state index contributed by atoms with van der Waals surface area (Å²) in [5.41, 5.74) is 0. The molecular formula is C14H16N4O5S. The summed E-state index contributed by atoms with van der Waals surface area (Å²) < 4.78 is 42.9. The van der Waals surface area contributed by atoms with Crippen molar-refractivity contribution in [1.29, 1.82) is 0 Å². The summed E-state index contributed by atoms with van der Waals surface area (Å²) in [4.78, 5) is 2.08. The van der Waals surface area contributed by atoms with E-state index in [1.807, 2.05) is 4.90 Å². The van der Waals surface area contributed by atoms with Crippen molar-refractivity contribution in [3.8, 4) is 11.5 Å². The van der Waals surface area contributed by atoms with Gasteiger partial charge >= 0.3 is 6.01 Å². The Kier molecular flexibility index (Phi) is 3.57. The fourth-order valence-electron chi connectivity index (χ4n) is 2.72. The molecule has 0 spiro atoms. The minimum atomic E-state index is -3.58. The van der Waals surface area contributed by atoms with Gasteiger partial charge in [-0.15, -0.1) is 5.10 Å². The number of piperazine rings is 1. The van der Waals surface area contributed by atoms with E-state index in [2.05, 4.69) is 10.2 Å². The van der Waals surface area contributed by atoms with Crippen molar-refractivity contribution in [2.45, 2.75) is 11.8 Å². The second kappa shape index (κ2) is 5.64. The van der Waals surface area contributed by atoms with Crippen molar-refractivity contribution < 1.29 is 22.3 Å². The Morgan fingerprint density at radius 2 is 1.79 bits per heavy atom. The number of sulfonamides is 1. The molecular weight excluding hydrogens is 336 g/mol. The molecule has 1 fully saturated rings. The number of rotatable bonds is 3. The minimum absolute atomic E-state index is 0.112. The fourth-order valence-corrected chi connectivity index (χ4v) is 4.16. The predicted molar refractivity (Wildman–Crippen MR) is 82.6 cm³/mol. The zero-order valence-corrected chi connectivity index (χ0v) is 13.8. The first-order valence-corrected chi connectivity index (χ1v) is 8.93. The molecule has 128 valence electrons. The molecule has 1 aromatic carbocycles. The first-order chi connectivity index (χ1) is 11.5. The second-order valence-electron chi connectivity index (χ2n) is 5.51. The summed E-state index contributed by atoms with van der Waals surface area (Å²) in [5.74, 6) is 1.50. The van der Waals surface area contributed by atoms with Crippen LogP contribution in [0, 0.1) is 6.92 Å². The van der Waals surface area contributed by atoms with Gasteiger partial charge in [0.25, 0.3) is 0 Å². The van der Waals surface area contributed by atoms with Crippen LogP contribution in [-0.2, 0) is 10.0 Å². The molecule has 3 heterocycles. The van der Waals surface area contributed by atoms with Crippen molar-refractivity contribution in [3.63, 3.8) is 0 Å². The fraction of sp³-hybridized carbons (Fsp3) is 0.429. The molecule has 9 nitrogen and oxygen atoms in total. The Balaban J connectivity index is 1.50. The average Bonchev–Trinajstić information content (AvgIpc) is 3.23. The lowest BCUT2D eigenvalue weighted by atomic mass is 10.3. The van der Waals surface area contributed by atoms with Crippen LogP contribution in [0.4, 0.5) is 6.01 Å². The molecule has 0 saturated carbocycles. The number of hydrogen-bond donors (Lipinski definition) is 0. The SMILES string of the molecule is Cc1nnc(N2CCN(S(=O)(=O)c3ccc4c(c3)OCO4)CC2)o1. The van der Waals surface area contributed by atoms with Crippen molar-refractivity contribution in [3.05, 3.63) is 24.1 Å². The van der Waals surface area contributed by atoms with E-state index < -0.39 is 10.0 Å². The molecule has 0 N–H and O–H groups in total. The van der Waals surface area contributed by atoms with Crippen LogP contribution in [0.1, 0.15) is 5.89 Å². The van der Waals surface area contributed by atoms with E-state index in [-0.39, 0.29) is 11.7 Å². The Morgan fingerprint density at radius 3 is 2.50 bits per heavy atom. The lowest BCUT2D eigenvalue weighted by Gasteiger charge is -2.32. The number of anilines is 1. The van der Waals surface area contributed by atoms with Crippen molar-refractivity contribution in [1.82, 2.24) is 14.5 Å². The second-order valence-corrected chi connectivity index (χ2v) is 7.45. The van der Waals surface area contributed by atoms with Gasteiger partial charge in [0.15, 0.2) is 11.5 Å². The third kappa shape index (κ3) is 2.57. The van der Waals surface area contributed by atoms with E-state index in [9.17, 15) is 8.42 Å². The monoisotopic (exact) mass is 352 g/mol. The maximum absolute atomic E-state index is 12.8. The van der Waals surface area contributed by atoms with Crippen LogP contribution in [0.25, 0.3) is 0 Å². The van der Waals surface area contributed by atoms with E-state index in [0.29, 0.717) is 49.6 Å². The van der Waals surface area contributed by atoms with Crippen molar-refractivity contribution in [2.24, 2.45) is 0 Å². The first-order valence-electron chi connectivity index (χ1n) is 7.49. The van der Waals surface area contributed by atoms with E-state index in [1.54, 1.807) is 13.0 Å². The van der Waals surface area contributed by atoms with E-state index in [4.69, 9.17) is 13.9 Å². The molecule has 0 radical (unpaired) electrons. The summed E-state index contributed by atoms with van der Waals surface area (Å²) in [6.07, 6.45) is 0. The first kappa shape index (κ1) is 15.2. The maximum atomic E-state index is 12.8. The highest BCUT2D eigenvalue weighted by atomic mass is 32.2. The summed E-state index contributed by atoms with van der Waals surface area (Å²) in [7, 11) is -3.58. The zero-order valence-electron chi connectivity index (χ0n) is 13.0. The quantitative estimate of drug-likeness (QED) is 0.793. The molecule has 0 aliphatic carbocycles. The van der Waals surface area contributed by atoms with Gasteiger partial charge in [0, 0.05) is 39.2 Å². The molecule has 0 bridgehead atoms. The number of fused-ring (bicyclic) bond motifs is 1. The highest BCUT2D eigenvalue weighted by molar-refractivity contribution is 7.89. The van der Waals surface area contributed by atoms with E-state index in [0.717, 1.165) is 0 Å². The highest BCUT2D eigenvalue weighted by Gasteiger charge is 2.31. The highest BCUT2D eigenvalue weighted by Crippen LogP contribution is 2.34. The molecule has 10 heteroatoms. The van der Waals surface area contributed by atoms with Gasteiger partial charge in [-0.25, -0.2) is 8.42 Å². The molecule has 4 rings (SSSR count). The number of hydrogen-bond acceptors (Lipinski definition) is 8. The van der Waals surface area contributed by atoms with Gasteiger partial charge in [-0.05, 0) is 12.1 Å². The van der Waals surface area contributed by atoms with Gasteiger partial charge < -0.3 is 18.8 Å². The van der Waals surface area contributed by atoms with Gasteiger partial charge in [-0.2, -0.15) is 4.31 Å². The molecule has 2 aliphatic heterocycles. The van der Waals surface area contributed by atoms with E-state index >= 15 is 0 Å². The lowest BCUT2D eigenvalue weighted by molar-refractivity contribution is 0.174. The van der Waals surface area contributed by atoms with Gasteiger partial charge in [-0.1, -0.05) is 5.10 Å². The van der Waals surface area contributed by atoms with Crippen LogP contribution >= 0.6 is 0 Å². The molecule has 0 atom stereocenters. The van der Waals surface area contributed by atoms with Crippen molar-refractivity contribution in [2.75, 3.05) is 37.9 Å². The Morgan fingerprint density at radius 1 is 1.04 bits per heavy atom. The standard InChI is InChI=1S/C14H16N4O5S/c1-10-15-16-14(23-10)17-4-6-18(7-5-17)24(19,20)11-2-3-12-13(8-11)22-9-21-12/h2-3,8H,4-7,9H2,1H3. The Bertz CT molecular complexity index is 858. The predicted octanol–water partition coefficient (Wildman–Crippen LogP) is 0.618. The summed E-state index contributed by atoms with van der Waals surface area (Å²) in [6.45, 7) is 3.51. The number of aryl methyl sites for hydroxylation is 1. The van der Waals surface area contributed by atoms with Crippen LogP contribution in [0.5, 0.6) is 11.5 Å². The van der Waals surface area contributed by atoms with Crippen LogP contribution in [0.3, 0.4) is 0 Å². The van der Waals surface area contributed by atoms with Gasteiger partial charge in [0.05, 0.1) is 4.90 Å². The summed E-state index contributed by atoms with van der Waals surface area (Å²) >= 11 is 0. The van der Waals surface area contributed by atoms with Crippen LogP contribution < -0.4 is 14.4 Å². The Hall–Kier alpha value is -2.33. The third-order valence-electron chi connectivity index (χ3n) is 4.01. The molecule has 1 aromatic heterocycles. The molecule has 0 unspecified atom stereocenters. The molecule has 2 aromatic rings. The van der Waals surface area contributed by atoms with Crippen LogP contribution in [0.15, 0.2) is 27.5 Å². The summed E-state index contributed by atoms with van der Waals surface area (Å²) in [6, 6.07) is 5.09. The minimum Gasteiger partial charge on any atom is -0.454 e. The third-order valence-corrected chi connectivity index (χ3v) is 5.90. The molecule has 2 aliphatic rings. The smallest absolute Gasteiger partial charge is 0.318 e. The van der Waals surface area contributed by atoms with E-state index in [1.165, 1.54) is 16.4 Å². The van der Waals surface area contributed by atoms with Gasteiger partial charge in [-0.3, -0.25) is 0 Å². The van der Waals surface area contributed by atoms with Crippen molar-refractivity contribution >= 4 is 16.0 Å². The van der Waals surface area contributed by atoms with Gasteiger partial charge in [0.2, 0.25) is 22.7 Å². The lowest BCUT2D eigenvalue weighted by Crippen LogP contribution is -2.48. The number of nitrogens with zero attached hydrogens (tertiary/aromatic N) is 4. The maximum Gasteiger partial charge on any atom is 0.318 e. The Labute approximate surface area is 138 Å². The molecule has 24 heavy (non-hydrogen) atoms. The number of ether oxygens (including phenoxy) is 2. The largest absolute Gasteiger partial charge is 0.454 e. The van der Waals surface area contributed by atoms with Crippen LogP contribution in [0.2, 0.25) is 0 Å². The van der Waals surface area contributed by atoms with Gasteiger partial charge in [0.1, 0.15) is 0 Å². The molecule has 1 saturated heterocycles.